The van der Waals surface area contributed by atoms with Gasteiger partial charge in [-0.1, -0.05) is 0 Å². The Bertz CT molecular complexity index is 349. The lowest BCUT2D eigenvalue weighted by atomic mass is 9.92. The Morgan fingerprint density at radius 2 is 2.44 bits per heavy atom. The number of halogens is 2. The molecule has 0 aliphatic heterocycles. The Morgan fingerprint density at radius 1 is 1.62 bits per heavy atom. The second kappa shape index (κ2) is 4.49. The highest BCUT2D eigenvalue weighted by Gasteiger charge is 2.35. The third-order valence-electron chi connectivity index (χ3n) is 2.99. The van der Waals surface area contributed by atoms with Gasteiger partial charge in [0.1, 0.15) is 0 Å². The first-order valence-electron chi connectivity index (χ1n) is 5.64. The summed E-state index contributed by atoms with van der Waals surface area (Å²) in [4.78, 5) is 0. The second-order valence-electron chi connectivity index (χ2n) is 4.55. The van der Waals surface area contributed by atoms with Crippen molar-refractivity contribution >= 4 is 0 Å². The summed E-state index contributed by atoms with van der Waals surface area (Å²) in [6.07, 6.45) is 5.11. The third kappa shape index (κ3) is 3.01. The molecule has 1 aromatic rings. The molecule has 0 aromatic carbocycles. The summed E-state index contributed by atoms with van der Waals surface area (Å²) >= 11 is 0. The van der Waals surface area contributed by atoms with Gasteiger partial charge in [0.2, 0.25) is 5.92 Å². The number of hydrogen-bond acceptors (Lipinski definition) is 2. The molecule has 0 radical (unpaired) electrons. The molecular weight excluding hydrogens is 212 g/mol. The van der Waals surface area contributed by atoms with Gasteiger partial charge in [0.15, 0.2) is 0 Å². The van der Waals surface area contributed by atoms with E-state index in [2.05, 4.69) is 10.4 Å². The van der Waals surface area contributed by atoms with Crippen molar-refractivity contribution in [2.75, 3.05) is 0 Å². The molecule has 5 heteroatoms. The Morgan fingerprint density at radius 3 is 3.06 bits per heavy atom. The van der Waals surface area contributed by atoms with Crippen LogP contribution in [0.15, 0.2) is 12.4 Å². The first-order valence-corrected chi connectivity index (χ1v) is 5.64. The fourth-order valence-electron chi connectivity index (χ4n) is 2.17. The molecule has 1 aliphatic carbocycles. The summed E-state index contributed by atoms with van der Waals surface area (Å²) in [5.74, 6) is -2.48. The van der Waals surface area contributed by atoms with Crippen LogP contribution in [0.3, 0.4) is 0 Å². The van der Waals surface area contributed by atoms with E-state index < -0.39 is 5.92 Å². The summed E-state index contributed by atoms with van der Waals surface area (Å²) in [6.45, 7) is 0.620. The molecule has 2 rings (SSSR count). The van der Waals surface area contributed by atoms with Crippen LogP contribution in [0.1, 0.15) is 31.2 Å². The summed E-state index contributed by atoms with van der Waals surface area (Å²) < 4.78 is 28.0. The van der Waals surface area contributed by atoms with Gasteiger partial charge in [-0.3, -0.25) is 4.68 Å². The predicted molar refractivity (Wildman–Crippen MR) is 57.3 cm³/mol. The van der Waals surface area contributed by atoms with Crippen molar-refractivity contribution in [2.24, 2.45) is 7.05 Å². The van der Waals surface area contributed by atoms with Crippen LogP contribution in [0.5, 0.6) is 0 Å². The lowest BCUT2D eigenvalue weighted by molar-refractivity contribution is -0.0442. The van der Waals surface area contributed by atoms with E-state index in [9.17, 15) is 8.78 Å². The summed E-state index contributed by atoms with van der Waals surface area (Å²) in [7, 11) is 1.85. The van der Waals surface area contributed by atoms with Crippen LogP contribution in [0, 0.1) is 0 Å². The highest BCUT2D eigenvalue weighted by molar-refractivity contribution is 5.03. The highest BCUT2D eigenvalue weighted by atomic mass is 19.3. The van der Waals surface area contributed by atoms with E-state index >= 15 is 0 Å². The van der Waals surface area contributed by atoms with Crippen molar-refractivity contribution < 1.29 is 8.78 Å². The van der Waals surface area contributed by atoms with Crippen molar-refractivity contribution in [3.8, 4) is 0 Å². The van der Waals surface area contributed by atoms with Crippen LogP contribution < -0.4 is 5.32 Å². The number of nitrogens with one attached hydrogen (secondary N) is 1. The molecule has 1 aromatic heterocycles. The number of hydrogen-bond donors (Lipinski definition) is 1. The Kier molecular flexibility index (Phi) is 3.23. The standard InChI is InChI=1S/C11H17F2N3/c1-16-8-9(7-15-16)6-14-10-3-2-4-11(12,13)5-10/h7-8,10,14H,2-6H2,1H3/t10-/m0/s1. The van der Waals surface area contributed by atoms with Crippen molar-refractivity contribution in [3.63, 3.8) is 0 Å². The molecule has 90 valence electrons. The number of alkyl halides is 2. The van der Waals surface area contributed by atoms with Crippen LogP contribution >= 0.6 is 0 Å². The minimum atomic E-state index is -2.48. The molecule has 0 bridgehead atoms. The molecule has 1 atom stereocenters. The average Bonchev–Trinajstić information content (AvgIpc) is 2.60. The zero-order chi connectivity index (χ0) is 11.6. The fourth-order valence-corrected chi connectivity index (χ4v) is 2.17. The minimum absolute atomic E-state index is 0.0345. The number of rotatable bonds is 3. The minimum Gasteiger partial charge on any atom is -0.310 e. The number of aryl methyl sites for hydroxylation is 1. The maximum absolute atomic E-state index is 13.1. The van der Waals surface area contributed by atoms with Crippen molar-refractivity contribution in [3.05, 3.63) is 18.0 Å². The molecule has 1 fully saturated rings. The zero-order valence-corrected chi connectivity index (χ0v) is 9.42. The Balaban J connectivity index is 1.82. The smallest absolute Gasteiger partial charge is 0.249 e. The monoisotopic (exact) mass is 229 g/mol. The molecule has 0 amide bonds. The van der Waals surface area contributed by atoms with E-state index in [4.69, 9.17) is 0 Å². The van der Waals surface area contributed by atoms with Gasteiger partial charge in [-0.05, 0) is 12.8 Å². The van der Waals surface area contributed by atoms with Crippen molar-refractivity contribution in [1.82, 2.24) is 15.1 Å². The van der Waals surface area contributed by atoms with Crippen LogP contribution in [0.4, 0.5) is 8.78 Å². The van der Waals surface area contributed by atoms with Gasteiger partial charge in [-0.2, -0.15) is 5.10 Å². The zero-order valence-electron chi connectivity index (χ0n) is 9.42. The molecule has 1 saturated carbocycles. The number of nitrogens with zero attached hydrogens (tertiary/aromatic N) is 2. The Labute approximate surface area is 93.8 Å². The van der Waals surface area contributed by atoms with E-state index in [-0.39, 0.29) is 18.9 Å². The number of aromatic nitrogens is 2. The molecule has 0 unspecified atom stereocenters. The predicted octanol–water partition coefficient (Wildman–Crippen LogP) is 2.09. The van der Waals surface area contributed by atoms with E-state index in [1.807, 2.05) is 13.2 Å². The normalized spacial score (nSPS) is 24.6. The third-order valence-corrected chi connectivity index (χ3v) is 2.99. The van der Waals surface area contributed by atoms with E-state index in [0.717, 1.165) is 12.0 Å². The second-order valence-corrected chi connectivity index (χ2v) is 4.55. The molecule has 0 spiro atoms. The van der Waals surface area contributed by atoms with Gasteiger partial charge >= 0.3 is 0 Å². The van der Waals surface area contributed by atoms with Crippen LogP contribution in [0.2, 0.25) is 0 Å². The van der Waals surface area contributed by atoms with E-state index in [1.165, 1.54) is 0 Å². The maximum atomic E-state index is 13.1. The molecule has 16 heavy (non-hydrogen) atoms. The van der Waals surface area contributed by atoms with Crippen LogP contribution in [-0.2, 0) is 13.6 Å². The summed E-state index contributed by atoms with van der Waals surface area (Å²) in [5.41, 5.74) is 1.04. The fraction of sp³-hybridized carbons (Fsp3) is 0.727. The van der Waals surface area contributed by atoms with Crippen molar-refractivity contribution in [2.45, 2.75) is 44.2 Å². The van der Waals surface area contributed by atoms with Gasteiger partial charge < -0.3 is 5.32 Å². The molecular formula is C11H17F2N3. The summed E-state index contributed by atoms with van der Waals surface area (Å²) in [5, 5.41) is 7.21. The SMILES string of the molecule is Cn1cc(CN[C@H]2CCCC(F)(F)C2)cn1. The lowest BCUT2D eigenvalue weighted by Crippen LogP contribution is -2.38. The maximum Gasteiger partial charge on any atom is 0.249 e. The van der Waals surface area contributed by atoms with Gasteiger partial charge in [-0.25, -0.2) is 8.78 Å². The first kappa shape index (κ1) is 11.5. The summed E-state index contributed by atoms with van der Waals surface area (Å²) in [6, 6.07) is -0.0658. The molecule has 1 aliphatic rings. The van der Waals surface area contributed by atoms with E-state index in [1.54, 1.807) is 10.9 Å². The van der Waals surface area contributed by atoms with Gasteiger partial charge in [0.05, 0.1) is 6.20 Å². The van der Waals surface area contributed by atoms with Gasteiger partial charge in [0.25, 0.3) is 0 Å². The average molecular weight is 229 g/mol. The lowest BCUT2D eigenvalue weighted by Gasteiger charge is -2.29. The molecule has 0 saturated heterocycles. The Hall–Kier alpha value is -0.970. The first-order chi connectivity index (χ1) is 7.55. The van der Waals surface area contributed by atoms with Gasteiger partial charge in [-0.15, -0.1) is 0 Å². The highest BCUT2D eigenvalue weighted by Crippen LogP contribution is 2.33. The van der Waals surface area contributed by atoms with Crippen LogP contribution in [-0.4, -0.2) is 21.7 Å². The quantitative estimate of drug-likeness (QED) is 0.860. The van der Waals surface area contributed by atoms with Gasteiger partial charge in [0, 0.05) is 44.2 Å². The van der Waals surface area contributed by atoms with Crippen LogP contribution in [0.25, 0.3) is 0 Å². The topological polar surface area (TPSA) is 29.9 Å². The largest absolute Gasteiger partial charge is 0.310 e. The van der Waals surface area contributed by atoms with Crippen molar-refractivity contribution in [1.29, 1.82) is 0 Å². The molecule has 1 N–H and O–H groups in total. The molecule has 3 nitrogen and oxygen atoms in total. The molecule has 1 heterocycles. The van der Waals surface area contributed by atoms with E-state index in [0.29, 0.717) is 13.0 Å².